The van der Waals surface area contributed by atoms with Gasteiger partial charge in [0.2, 0.25) is 5.91 Å². The van der Waals surface area contributed by atoms with Gasteiger partial charge in [0.25, 0.3) is 0 Å². The lowest BCUT2D eigenvalue weighted by molar-refractivity contribution is -0.144. The van der Waals surface area contributed by atoms with Gasteiger partial charge in [-0.05, 0) is 19.3 Å². The van der Waals surface area contributed by atoms with Gasteiger partial charge in [-0.3, -0.25) is 19.2 Å². The average molecular weight is 588 g/mol. The van der Waals surface area contributed by atoms with Gasteiger partial charge in [0.1, 0.15) is 12.4 Å². The van der Waals surface area contributed by atoms with E-state index in [9.17, 15) is 29.1 Å². The standard InChI is InChI=1S/C30H53NO10/c32-26(15-13-11-9-7-5-3-1-2-4-6-8-10-12-14-16-28(34)35)23-25(30(38)39)17-18-27(33)31-19-20-40-21-22-41-24-29(36)37/h25H,1-24H2,(H,31,33)(H,34,35)(H,36,37)(H,38,39)/t25-/m1/s1. The Morgan fingerprint density at radius 2 is 1.05 bits per heavy atom. The van der Waals surface area contributed by atoms with Crippen LogP contribution in [0.4, 0.5) is 0 Å². The lowest BCUT2D eigenvalue weighted by atomic mass is 9.94. The molecule has 11 heteroatoms. The fourth-order valence-corrected chi connectivity index (χ4v) is 4.45. The van der Waals surface area contributed by atoms with Gasteiger partial charge in [0.15, 0.2) is 0 Å². The SMILES string of the molecule is O=C(O)CCCCCCCCCCCCCCCCC(=O)C[C@@H](CCC(=O)NCCOCCOCC(=O)O)C(=O)O. The van der Waals surface area contributed by atoms with Gasteiger partial charge in [-0.1, -0.05) is 77.0 Å². The molecule has 1 atom stereocenters. The molecule has 238 valence electrons. The molecule has 0 radical (unpaired) electrons. The van der Waals surface area contributed by atoms with Crippen LogP contribution in [0.3, 0.4) is 0 Å². The van der Waals surface area contributed by atoms with Crippen LogP contribution in [-0.4, -0.2) is 77.9 Å². The van der Waals surface area contributed by atoms with E-state index in [0.717, 1.165) is 44.9 Å². The minimum absolute atomic E-state index is 0.0145. The number of aliphatic carboxylic acids is 3. The van der Waals surface area contributed by atoms with Crippen molar-refractivity contribution in [3.05, 3.63) is 0 Å². The van der Waals surface area contributed by atoms with Crippen LogP contribution in [0, 0.1) is 5.92 Å². The first-order valence-corrected chi connectivity index (χ1v) is 15.3. The summed E-state index contributed by atoms with van der Waals surface area (Å²) in [6, 6.07) is 0. The van der Waals surface area contributed by atoms with E-state index < -0.39 is 30.4 Å². The van der Waals surface area contributed by atoms with Crippen LogP contribution >= 0.6 is 0 Å². The van der Waals surface area contributed by atoms with Gasteiger partial charge in [-0.15, -0.1) is 0 Å². The van der Waals surface area contributed by atoms with Gasteiger partial charge in [0, 0.05) is 32.2 Å². The number of carboxylic acids is 3. The van der Waals surface area contributed by atoms with E-state index in [1.807, 2.05) is 0 Å². The second-order valence-corrected chi connectivity index (χ2v) is 10.6. The summed E-state index contributed by atoms with van der Waals surface area (Å²) in [4.78, 5) is 56.5. The molecule has 0 aliphatic heterocycles. The van der Waals surface area contributed by atoms with Crippen LogP contribution in [0.2, 0.25) is 0 Å². The van der Waals surface area contributed by atoms with Crippen molar-refractivity contribution in [3.63, 3.8) is 0 Å². The van der Waals surface area contributed by atoms with Crippen LogP contribution in [0.5, 0.6) is 0 Å². The normalized spacial score (nSPS) is 11.7. The molecule has 4 N–H and O–H groups in total. The van der Waals surface area contributed by atoms with Crippen LogP contribution in [0.1, 0.15) is 122 Å². The number of hydrogen-bond acceptors (Lipinski definition) is 7. The number of amides is 1. The Bertz CT molecular complexity index is 728. The van der Waals surface area contributed by atoms with E-state index in [1.165, 1.54) is 44.9 Å². The molecule has 0 bridgehead atoms. The lowest BCUT2D eigenvalue weighted by Crippen LogP contribution is -2.29. The number of carboxylic acid groups (broad SMARTS) is 3. The van der Waals surface area contributed by atoms with Crippen molar-refractivity contribution >= 4 is 29.6 Å². The third-order valence-electron chi connectivity index (χ3n) is 6.81. The molecule has 0 aromatic rings. The van der Waals surface area contributed by atoms with E-state index in [2.05, 4.69) is 5.32 Å². The molecule has 0 unspecified atom stereocenters. The van der Waals surface area contributed by atoms with Crippen molar-refractivity contribution in [2.45, 2.75) is 122 Å². The van der Waals surface area contributed by atoms with Crippen molar-refractivity contribution in [1.82, 2.24) is 5.32 Å². The van der Waals surface area contributed by atoms with Crippen LogP contribution < -0.4 is 5.32 Å². The van der Waals surface area contributed by atoms with E-state index in [0.29, 0.717) is 6.42 Å². The number of nitrogens with one attached hydrogen (secondary N) is 1. The highest BCUT2D eigenvalue weighted by molar-refractivity contribution is 5.84. The second kappa shape index (κ2) is 27.6. The molecule has 11 nitrogen and oxygen atoms in total. The molecule has 0 heterocycles. The molecule has 0 rings (SSSR count). The number of carbonyl (C=O) groups excluding carboxylic acids is 2. The van der Waals surface area contributed by atoms with Gasteiger partial charge in [-0.2, -0.15) is 0 Å². The third-order valence-corrected chi connectivity index (χ3v) is 6.81. The maximum atomic E-state index is 12.3. The van der Waals surface area contributed by atoms with Crippen LogP contribution in [0.25, 0.3) is 0 Å². The maximum absolute atomic E-state index is 12.3. The Balaban J connectivity index is 3.66. The minimum Gasteiger partial charge on any atom is -0.481 e. The van der Waals surface area contributed by atoms with Crippen molar-refractivity contribution < 1.29 is 48.8 Å². The Morgan fingerprint density at radius 3 is 1.54 bits per heavy atom. The monoisotopic (exact) mass is 587 g/mol. The number of ketones is 1. The Labute approximate surface area is 244 Å². The summed E-state index contributed by atoms with van der Waals surface area (Å²) in [7, 11) is 0. The Hall–Kier alpha value is -2.53. The minimum atomic E-state index is -1.06. The number of ether oxygens (including phenoxy) is 2. The highest BCUT2D eigenvalue weighted by Crippen LogP contribution is 2.17. The topological polar surface area (TPSA) is 177 Å². The summed E-state index contributed by atoms with van der Waals surface area (Å²) < 4.78 is 10.0. The molecule has 0 fully saturated rings. The molecule has 1 amide bonds. The Morgan fingerprint density at radius 1 is 0.561 bits per heavy atom. The zero-order valence-corrected chi connectivity index (χ0v) is 24.7. The summed E-state index contributed by atoms with van der Waals surface area (Å²) in [5.74, 6) is -4.07. The molecule has 0 saturated carbocycles. The average Bonchev–Trinajstić information content (AvgIpc) is 2.91. The molecular formula is C30H53NO10. The molecule has 0 aliphatic rings. The van der Waals surface area contributed by atoms with Gasteiger partial charge in [-0.25, -0.2) is 4.79 Å². The maximum Gasteiger partial charge on any atom is 0.329 e. The smallest absolute Gasteiger partial charge is 0.329 e. The molecule has 0 aliphatic carbocycles. The number of unbranched alkanes of at least 4 members (excludes halogenated alkanes) is 13. The number of rotatable bonds is 31. The van der Waals surface area contributed by atoms with E-state index in [-0.39, 0.29) is 63.7 Å². The van der Waals surface area contributed by atoms with Gasteiger partial charge < -0.3 is 30.1 Å². The van der Waals surface area contributed by atoms with Crippen molar-refractivity contribution in [2.24, 2.45) is 5.92 Å². The Kier molecular flexibility index (Phi) is 25.9. The highest BCUT2D eigenvalue weighted by atomic mass is 16.5. The largest absolute Gasteiger partial charge is 0.481 e. The first-order valence-electron chi connectivity index (χ1n) is 15.3. The lowest BCUT2D eigenvalue weighted by Gasteiger charge is -2.12. The number of Topliss-reactive ketones (excluding diaryl/α,β-unsaturated/α-hetero) is 1. The molecule has 0 aromatic carbocycles. The zero-order chi connectivity index (χ0) is 30.6. The van der Waals surface area contributed by atoms with E-state index in [4.69, 9.17) is 19.7 Å². The predicted molar refractivity (Wildman–Crippen MR) is 154 cm³/mol. The molecule has 0 spiro atoms. The summed E-state index contributed by atoms with van der Waals surface area (Å²) in [5, 5.41) is 29.1. The summed E-state index contributed by atoms with van der Waals surface area (Å²) in [6.07, 6.45) is 16.1. The van der Waals surface area contributed by atoms with Crippen molar-refractivity contribution in [3.8, 4) is 0 Å². The second-order valence-electron chi connectivity index (χ2n) is 10.6. The predicted octanol–water partition coefficient (Wildman–Crippen LogP) is 4.99. The van der Waals surface area contributed by atoms with Gasteiger partial charge >= 0.3 is 17.9 Å². The van der Waals surface area contributed by atoms with Crippen LogP contribution in [0.15, 0.2) is 0 Å². The molecule has 0 aromatic heterocycles. The van der Waals surface area contributed by atoms with Crippen molar-refractivity contribution in [1.29, 1.82) is 0 Å². The zero-order valence-electron chi connectivity index (χ0n) is 24.7. The van der Waals surface area contributed by atoms with E-state index >= 15 is 0 Å². The number of carbonyl (C=O) groups is 5. The molecular weight excluding hydrogens is 534 g/mol. The van der Waals surface area contributed by atoms with Crippen molar-refractivity contribution in [2.75, 3.05) is 33.0 Å². The summed E-state index contributed by atoms with van der Waals surface area (Å²) in [6.45, 7) is 0.416. The highest BCUT2D eigenvalue weighted by Gasteiger charge is 2.22. The first kappa shape index (κ1) is 38.5. The van der Waals surface area contributed by atoms with E-state index in [1.54, 1.807) is 0 Å². The third kappa shape index (κ3) is 28.8. The quantitative estimate of drug-likeness (QED) is 0.0808. The molecule has 0 saturated heterocycles. The number of hydrogen-bond donors (Lipinski definition) is 4. The van der Waals surface area contributed by atoms with Crippen LogP contribution in [-0.2, 0) is 33.4 Å². The molecule has 41 heavy (non-hydrogen) atoms. The fourth-order valence-electron chi connectivity index (χ4n) is 4.45. The summed E-state index contributed by atoms with van der Waals surface area (Å²) in [5.41, 5.74) is 0. The fraction of sp³-hybridized carbons (Fsp3) is 0.833. The summed E-state index contributed by atoms with van der Waals surface area (Å²) >= 11 is 0. The first-order chi connectivity index (χ1) is 19.7. The van der Waals surface area contributed by atoms with Gasteiger partial charge in [0.05, 0.1) is 25.7 Å².